The summed E-state index contributed by atoms with van der Waals surface area (Å²) >= 11 is 6.07. The second-order valence-corrected chi connectivity index (χ2v) is 5.98. The maximum atomic E-state index is 12.0. The zero-order chi connectivity index (χ0) is 18.1. The minimum absolute atomic E-state index is 0.110. The lowest BCUT2D eigenvalue weighted by molar-refractivity contribution is -0.115. The minimum atomic E-state index is -0.157. The van der Waals surface area contributed by atoms with Crippen LogP contribution >= 0.6 is 11.6 Å². The summed E-state index contributed by atoms with van der Waals surface area (Å²) in [4.78, 5) is 23.8. The van der Waals surface area contributed by atoms with E-state index in [1.54, 1.807) is 24.3 Å². The Morgan fingerprint density at radius 3 is 2.44 bits per heavy atom. The highest BCUT2D eigenvalue weighted by atomic mass is 35.5. The van der Waals surface area contributed by atoms with Crippen molar-refractivity contribution in [1.29, 1.82) is 0 Å². The van der Waals surface area contributed by atoms with Gasteiger partial charge in [-0.25, -0.2) is 0 Å². The summed E-state index contributed by atoms with van der Waals surface area (Å²) in [7, 11) is 0. The number of hydrogen-bond donors (Lipinski definition) is 3. The number of nitrogens with one attached hydrogen (secondary N) is 3. The van der Waals surface area contributed by atoms with Crippen molar-refractivity contribution in [3.05, 3.63) is 64.7 Å². The summed E-state index contributed by atoms with van der Waals surface area (Å²) in [5, 5.41) is 9.32. The van der Waals surface area contributed by atoms with Gasteiger partial charge in [0.1, 0.15) is 0 Å². The van der Waals surface area contributed by atoms with Crippen LogP contribution in [0.25, 0.3) is 0 Å². The summed E-state index contributed by atoms with van der Waals surface area (Å²) in [6.45, 7) is 3.33. The van der Waals surface area contributed by atoms with E-state index in [0.717, 1.165) is 12.0 Å². The van der Waals surface area contributed by atoms with Crippen LogP contribution in [0, 0.1) is 0 Å². The average Bonchev–Trinajstić information content (AvgIpc) is 2.62. The monoisotopic (exact) mass is 359 g/mol. The van der Waals surface area contributed by atoms with E-state index in [4.69, 9.17) is 11.6 Å². The van der Waals surface area contributed by atoms with Crippen LogP contribution in [-0.2, 0) is 11.3 Å². The molecule has 0 atom stereocenters. The number of carbonyl (C=O) groups is 2. The van der Waals surface area contributed by atoms with Gasteiger partial charge in [0.2, 0.25) is 5.91 Å². The molecule has 6 heteroatoms. The first kappa shape index (κ1) is 19.0. The number of halogens is 1. The van der Waals surface area contributed by atoms with E-state index in [2.05, 4.69) is 16.0 Å². The SMILES string of the molecule is CCCNC(=O)c1ccc(NC(=O)CNCc2ccccc2Cl)cc1. The lowest BCUT2D eigenvalue weighted by atomic mass is 10.2. The van der Waals surface area contributed by atoms with Crippen LogP contribution in [0.5, 0.6) is 0 Å². The van der Waals surface area contributed by atoms with Gasteiger partial charge in [-0.3, -0.25) is 9.59 Å². The lowest BCUT2D eigenvalue weighted by Gasteiger charge is -2.09. The molecule has 2 aromatic carbocycles. The third kappa shape index (κ3) is 6.21. The molecule has 0 fully saturated rings. The van der Waals surface area contributed by atoms with Crippen molar-refractivity contribution >= 4 is 29.1 Å². The second kappa shape index (κ2) is 9.81. The second-order valence-electron chi connectivity index (χ2n) is 5.58. The molecule has 0 spiro atoms. The maximum absolute atomic E-state index is 12.0. The van der Waals surface area contributed by atoms with E-state index in [1.807, 2.05) is 31.2 Å². The van der Waals surface area contributed by atoms with Crippen molar-refractivity contribution in [3.8, 4) is 0 Å². The molecule has 0 aromatic heterocycles. The number of carbonyl (C=O) groups excluding carboxylic acids is 2. The molecule has 25 heavy (non-hydrogen) atoms. The van der Waals surface area contributed by atoms with Crippen molar-refractivity contribution in [2.45, 2.75) is 19.9 Å². The zero-order valence-corrected chi connectivity index (χ0v) is 14.9. The largest absolute Gasteiger partial charge is 0.352 e. The molecule has 2 amide bonds. The van der Waals surface area contributed by atoms with Crippen molar-refractivity contribution in [2.75, 3.05) is 18.4 Å². The van der Waals surface area contributed by atoms with Crippen LogP contribution in [-0.4, -0.2) is 24.9 Å². The summed E-state index contributed by atoms with van der Waals surface area (Å²) < 4.78 is 0. The number of anilines is 1. The number of rotatable bonds is 8. The van der Waals surface area contributed by atoms with Gasteiger partial charge >= 0.3 is 0 Å². The van der Waals surface area contributed by atoms with Crippen LogP contribution in [0.2, 0.25) is 5.02 Å². The molecule has 2 rings (SSSR count). The fourth-order valence-electron chi connectivity index (χ4n) is 2.20. The van der Waals surface area contributed by atoms with Crippen LogP contribution < -0.4 is 16.0 Å². The smallest absolute Gasteiger partial charge is 0.251 e. The molecule has 0 aliphatic carbocycles. The average molecular weight is 360 g/mol. The Kier molecular flexibility index (Phi) is 7.44. The molecular formula is C19H22ClN3O2. The van der Waals surface area contributed by atoms with Gasteiger partial charge in [-0.1, -0.05) is 36.7 Å². The number of amides is 2. The van der Waals surface area contributed by atoms with E-state index in [9.17, 15) is 9.59 Å². The van der Waals surface area contributed by atoms with E-state index >= 15 is 0 Å². The predicted molar refractivity (Wildman–Crippen MR) is 101 cm³/mol. The Labute approximate surface area is 152 Å². The fourth-order valence-corrected chi connectivity index (χ4v) is 2.41. The van der Waals surface area contributed by atoms with Gasteiger partial charge in [-0.2, -0.15) is 0 Å². The predicted octanol–water partition coefficient (Wildman–Crippen LogP) is 3.21. The highest BCUT2D eigenvalue weighted by molar-refractivity contribution is 6.31. The Hall–Kier alpha value is -2.37. The molecular weight excluding hydrogens is 338 g/mol. The van der Waals surface area contributed by atoms with Crippen molar-refractivity contribution in [1.82, 2.24) is 10.6 Å². The van der Waals surface area contributed by atoms with Gasteiger partial charge in [0.05, 0.1) is 6.54 Å². The summed E-state index contributed by atoms with van der Waals surface area (Å²) in [6.07, 6.45) is 0.890. The van der Waals surface area contributed by atoms with Crippen molar-refractivity contribution in [3.63, 3.8) is 0 Å². The molecule has 2 aromatic rings. The molecule has 0 heterocycles. The molecule has 132 valence electrons. The highest BCUT2D eigenvalue weighted by Crippen LogP contribution is 2.14. The molecule has 0 aliphatic heterocycles. The van der Waals surface area contributed by atoms with E-state index in [-0.39, 0.29) is 18.4 Å². The third-order valence-electron chi connectivity index (χ3n) is 3.53. The molecule has 0 aliphatic rings. The number of hydrogen-bond acceptors (Lipinski definition) is 3. The molecule has 0 saturated carbocycles. The van der Waals surface area contributed by atoms with Gasteiger partial charge < -0.3 is 16.0 Å². The van der Waals surface area contributed by atoms with Gasteiger partial charge in [-0.15, -0.1) is 0 Å². The summed E-state index contributed by atoms with van der Waals surface area (Å²) in [6, 6.07) is 14.3. The normalized spacial score (nSPS) is 10.3. The first-order valence-electron chi connectivity index (χ1n) is 8.22. The first-order chi connectivity index (χ1) is 12.1. The number of benzene rings is 2. The lowest BCUT2D eigenvalue weighted by Crippen LogP contribution is -2.28. The Morgan fingerprint density at radius 2 is 1.76 bits per heavy atom. The van der Waals surface area contributed by atoms with Gasteiger partial charge in [0, 0.05) is 29.4 Å². The van der Waals surface area contributed by atoms with Crippen molar-refractivity contribution in [2.24, 2.45) is 0 Å². The van der Waals surface area contributed by atoms with Crippen LogP contribution in [0.15, 0.2) is 48.5 Å². The standard InChI is InChI=1S/C19H22ClN3O2/c1-2-11-22-19(25)14-7-9-16(10-8-14)23-18(24)13-21-12-15-5-3-4-6-17(15)20/h3-10,21H,2,11-13H2,1H3,(H,22,25)(H,23,24). The van der Waals surface area contributed by atoms with Gasteiger partial charge in [0.15, 0.2) is 0 Å². The molecule has 3 N–H and O–H groups in total. The van der Waals surface area contributed by atoms with E-state index < -0.39 is 0 Å². The van der Waals surface area contributed by atoms with Gasteiger partial charge in [0.25, 0.3) is 5.91 Å². The van der Waals surface area contributed by atoms with E-state index in [0.29, 0.717) is 29.4 Å². The zero-order valence-electron chi connectivity index (χ0n) is 14.1. The minimum Gasteiger partial charge on any atom is -0.352 e. The summed E-state index contributed by atoms with van der Waals surface area (Å²) in [5.41, 5.74) is 2.17. The van der Waals surface area contributed by atoms with Crippen molar-refractivity contribution < 1.29 is 9.59 Å². The highest BCUT2D eigenvalue weighted by Gasteiger charge is 2.06. The van der Waals surface area contributed by atoms with Gasteiger partial charge in [-0.05, 0) is 42.3 Å². The first-order valence-corrected chi connectivity index (χ1v) is 8.60. The Bertz CT molecular complexity index is 717. The molecule has 0 saturated heterocycles. The van der Waals surface area contributed by atoms with Crippen LogP contribution in [0.1, 0.15) is 29.3 Å². The fraction of sp³-hybridized carbons (Fsp3) is 0.263. The molecule has 0 bridgehead atoms. The maximum Gasteiger partial charge on any atom is 0.251 e. The van der Waals surface area contributed by atoms with Crippen LogP contribution in [0.3, 0.4) is 0 Å². The molecule has 0 radical (unpaired) electrons. The third-order valence-corrected chi connectivity index (χ3v) is 3.89. The van der Waals surface area contributed by atoms with Crippen LogP contribution in [0.4, 0.5) is 5.69 Å². The quantitative estimate of drug-likeness (QED) is 0.677. The molecule has 0 unspecified atom stereocenters. The Balaban J connectivity index is 1.78. The van der Waals surface area contributed by atoms with E-state index in [1.165, 1.54) is 0 Å². The summed E-state index contributed by atoms with van der Waals surface area (Å²) in [5.74, 6) is -0.267. The Morgan fingerprint density at radius 1 is 1.04 bits per heavy atom. The molecule has 5 nitrogen and oxygen atoms in total. The topological polar surface area (TPSA) is 70.2 Å².